The lowest BCUT2D eigenvalue weighted by Gasteiger charge is -2.50. The first-order valence-electron chi connectivity index (χ1n) is 7.14. The van der Waals surface area contributed by atoms with Gasteiger partial charge in [-0.25, -0.2) is 0 Å². The number of aryl methyl sites for hydroxylation is 2. The number of hydrogen-bond donors (Lipinski definition) is 2. The first kappa shape index (κ1) is 16.2. The highest BCUT2D eigenvalue weighted by Crippen LogP contribution is 2.44. The molecular formula is C16H25BrN2S. The molecule has 1 atom stereocenters. The Morgan fingerprint density at radius 2 is 1.90 bits per heavy atom. The van der Waals surface area contributed by atoms with E-state index in [-0.39, 0.29) is 11.0 Å². The number of hydrogen-bond acceptors (Lipinski definition) is 3. The fourth-order valence-corrected chi connectivity index (χ4v) is 4.85. The predicted octanol–water partition coefficient (Wildman–Crippen LogP) is 4.34. The van der Waals surface area contributed by atoms with Crippen LogP contribution in [0.25, 0.3) is 0 Å². The maximum absolute atomic E-state index is 6.18. The third-order valence-corrected chi connectivity index (χ3v) is 7.12. The Labute approximate surface area is 135 Å². The molecule has 20 heavy (non-hydrogen) atoms. The molecular weight excluding hydrogens is 332 g/mol. The summed E-state index contributed by atoms with van der Waals surface area (Å²) in [5, 5.41) is 3.78. The molecule has 1 unspecified atom stereocenters. The summed E-state index contributed by atoms with van der Waals surface area (Å²) < 4.78 is 1.20. The number of thioether (sulfide) groups is 1. The fourth-order valence-electron chi connectivity index (χ4n) is 2.89. The fraction of sp³-hybridized carbons (Fsp3) is 0.625. The van der Waals surface area contributed by atoms with E-state index in [1.807, 2.05) is 11.8 Å². The summed E-state index contributed by atoms with van der Waals surface area (Å²) in [5.41, 5.74) is 10.1. The summed E-state index contributed by atoms with van der Waals surface area (Å²) in [6.07, 6.45) is 1.20. The molecule has 1 aromatic carbocycles. The summed E-state index contributed by atoms with van der Waals surface area (Å²) >= 11 is 5.64. The maximum Gasteiger partial charge on any atom is 0.0636 e. The molecule has 0 radical (unpaired) electrons. The Hall–Kier alpha value is -0.190. The van der Waals surface area contributed by atoms with Gasteiger partial charge in [0.05, 0.1) is 5.54 Å². The van der Waals surface area contributed by atoms with Crippen LogP contribution in [0.15, 0.2) is 16.6 Å². The van der Waals surface area contributed by atoms with E-state index < -0.39 is 0 Å². The van der Waals surface area contributed by atoms with Crippen LogP contribution < -0.4 is 11.1 Å². The Bertz CT molecular complexity index is 478. The van der Waals surface area contributed by atoms with Gasteiger partial charge in [0.1, 0.15) is 0 Å². The summed E-state index contributed by atoms with van der Waals surface area (Å²) in [4.78, 5) is 0. The van der Waals surface area contributed by atoms with Crippen molar-refractivity contribution < 1.29 is 0 Å². The Balaban J connectivity index is 2.35. The predicted molar refractivity (Wildman–Crippen MR) is 94.7 cm³/mol. The maximum atomic E-state index is 6.18. The van der Waals surface area contributed by atoms with E-state index in [0.29, 0.717) is 6.54 Å². The average Bonchev–Trinajstić information content (AvgIpc) is 2.38. The molecule has 0 aliphatic carbocycles. The van der Waals surface area contributed by atoms with Crippen molar-refractivity contribution in [1.82, 2.24) is 0 Å². The number of benzene rings is 1. The number of halogens is 1. The zero-order chi connectivity index (χ0) is 15.0. The van der Waals surface area contributed by atoms with Crippen LogP contribution in [0.5, 0.6) is 0 Å². The van der Waals surface area contributed by atoms with E-state index in [9.17, 15) is 0 Å². The van der Waals surface area contributed by atoms with Crippen molar-refractivity contribution in [2.45, 2.75) is 39.7 Å². The van der Waals surface area contributed by atoms with Gasteiger partial charge in [-0.1, -0.05) is 29.8 Å². The minimum absolute atomic E-state index is 0.0252. The van der Waals surface area contributed by atoms with Gasteiger partial charge in [-0.15, -0.1) is 0 Å². The third kappa shape index (κ3) is 2.88. The third-order valence-electron chi connectivity index (χ3n) is 4.68. The first-order chi connectivity index (χ1) is 9.31. The van der Waals surface area contributed by atoms with Crippen molar-refractivity contribution in [3.63, 3.8) is 0 Å². The van der Waals surface area contributed by atoms with Crippen LogP contribution in [-0.2, 0) is 0 Å². The highest BCUT2D eigenvalue weighted by Gasteiger charge is 2.46. The van der Waals surface area contributed by atoms with Crippen molar-refractivity contribution in [3.05, 3.63) is 27.7 Å². The van der Waals surface area contributed by atoms with Gasteiger partial charge in [0.15, 0.2) is 0 Å². The number of anilines is 1. The van der Waals surface area contributed by atoms with Crippen LogP contribution in [0, 0.1) is 19.3 Å². The van der Waals surface area contributed by atoms with Crippen LogP contribution in [0.2, 0.25) is 0 Å². The Morgan fingerprint density at radius 3 is 2.40 bits per heavy atom. The highest BCUT2D eigenvalue weighted by atomic mass is 79.9. The van der Waals surface area contributed by atoms with Crippen LogP contribution >= 0.6 is 27.7 Å². The summed E-state index contributed by atoms with van der Waals surface area (Å²) in [6.45, 7) is 9.62. The lowest BCUT2D eigenvalue weighted by atomic mass is 9.70. The topological polar surface area (TPSA) is 38.0 Å². The van der Waals surface area contributed by atoms with E-state index in [0.717, 1.165) is 5.75 Å². The molecule has 2 nitrogen and oxygen atoms in total. The number of nitrogens with one attached hydrogen (secondary N) is 1. The second-order valence-electron chi connectivity index (χ2n) is 6.52. The van der Waals surface area contributed by atoms with Crippen LogP contribution in [0.1, 0.15) is 31.4 Å². The van der Waals surface area contributed by atoms with Crippen LogP contribution in [0.4, 0.5) is 5.69 Å². The van der Waals surface area contributed by atoms with Crippen molar-refractivity contribution in [3.8, 4) is 0 Å². The molecule has 1 aliphatic rings. The van der Waals surface area contributed by atoms with E-state index in [1.165, 1.54) is 33.5 Å². The molecule has 1 saturated heterocycles. The molecule has 1 fully saturated rings. The van der Waals surface area contributed by atoms with Gasteiger partial charge in [0.2, 0.25) is 0 Å². The quantitative estimate of drug-likeness (QED) is 0.845. The molecule has 2 rings (SSSR count). The molecule has 3 N–H and O–H groups in total. The molecule has 0 spiro atoms. The monoisotopic (exact) mass is 356 g/mol. The average molecular weight is 357 g/mol. The molecule has 0 bridgehead atoms. The minimum Gasteiger partial charge on any atom is -0.377 e. The SMILES string of the molecule is Cc1cc(NC2(CN)CSCCC2(C)C)cc(C)c1Br. The second-order valence-corrected chi connectivity index (χ2v) is 8.42. The van der Waals surface area contributed by atoms with E-state index in [1.54, 1.807) is 0 Å². The van der Waals surface area contributed by atoms with Gasteiger partial charge in [0, 0.05) is 22.5 Å². The van der Waals surface area contributed by atoms with Crippen LogP contribution in [-0.4, -0.2) is 23.6 Å². The molecule has 1 aromatic rings. The van der Waals surface area contributed by atoms with E-state index >= 15 is 0 Å². The zero-order valence-electron chi connectivity index (χ0n) is 12.8. The largest absolute Gasteiger partial charge is 0.377 e. The Morgan fingerprint density at radius 1 is 1.30 bits per heavy atom. The molecule has 112 valence electrons. The van der Waals surface area contributed by atoms with E-state index in [2.05, 4.69) is 61.1 Å². The van der Waals surface area contributed by atoms with Gasteiger partial charge >= 0.3 is 0 Å². The smallest absolute Gasteiger partial charge is 0.0636 e. The molecule has 4 heteroatoms. The molecule has 0 saturated carbocycles. The highest BCUT2D eigenvalue weighted by molar-refractivity contribution is 9.10. The van der Waals surface area contributed by atoms with E-state index in [4.69, 9.17) is 5.73 Å². The van der Waals surface area contributed by atoms with Gasteiger partial charge < -0.3 is 11.1 Å². The molecule has 0 aromatic heterocycles. The van der Waals surface area contributed by atoms with Gasteiger partial charge in [0.25, 0.3) is 0 Å². The number of rotatable bonds is 3. The molecule has 1 heterocycles. The van der Waals surface area contributed by atoms with Crippen molar-refractivity contribution in [2.24, 2.45) is 11.1 Å². The normalized spacial score (nSPS) is 25.5. The summed E-state index contributed by atoms with van der Waals surface area (Å²) in [6, 6.07) is 4.42. The van der Waals surface area contributed by atoms with Gasteiger partial charge in [-0.2, -0.15) is 11.8 Å². The summed E-state index contributed by atoms with van der Waals surface area (Å²) in [7, 11) is 0. The van der Waals surface area contributed by atoms with Crippen molar-refractivity contribution in [2.75, 3.05) is 23.4 Å². The van der Waals surface area contributed by atoms with Gasteiger partial charge in [-0.3, -0.25) is 0 Å². The zero-order valence-corrected chi connectivity index (χ0v) is 15.2. The Kier molecular flexibility index (Phi) is 4.77. The molecule has 1 aliphatic heterocycles. The van der Waals surface area contributed by atoms with Gasteiger partial charge in [-0.05, 0) is 54.7 Å². The lowest BCUT2D eigenvalue weighted by Crippen LogP contribution is -2.60. The van der Waals surface area contributed by atoms with Crippen LogP contribution in [0.3, 0.4) is 0 Å². The lowest BCUT2D eigenvalue weighted by molar-refractivity contribution is 0.203. The summed E-state index contributed by atoms with van der Waals surface area (Å²) in [5.74, 6) is 2.31. The first-order valence-corrected chi connectivity index (χ1v) is 9.09. The van der Waals surface area contributed by atoms with Crippen molar-refractivity contribution >= 4 is 33.4 Å². The number of nitrogens with two attached hydrogens (primary N) is 1. The van der Waals surface area contributed by atoms with Crippen molar-refractivity contribution in [1.29, 1.82) is 0 Å². The standard InChI is InChI=1S/C16H25BrN2S/c1-11-7-13(8-12(2)14(11)17)19-16(9-18)10-20-6-5-15(16,3)4/h7-8,19H,5-6,9-10,18H2,1-4H3. The molecule has 0 amide bonds. The second kappa shape index (κ2) is 5.90. The minimum atomic E-state index is -0.0252.